The smallest absolute Gasteiger partial charge is 0.248 e. The first-order chi connectivity index (χ1) is 11.5. The zero-order valence-corrected chi connectivity index (χ0v) is 15.2. The number of carbonyl (C=O) groups excluding carboxylic acids is 1. The fourth-order valence-corrected chi connectivity index (χ4v) is 4.05. The first-order valence-corrected chi connectivity index (χ1v) is 9.05. The molecule has 1 fully saturated rings. The molecule has 2 heterocycles. The molecule has 24 heavy (non-hydrogen) atoms. The first kappa shape index (κ1) is 17.4. The Morgan fingerprint density at radius 3 is 2.83 bits per heavy atom. The molecule has 2 aliphatic rings. The van der Waals surface area contributed by atoms with Crippen molar-refractivity contribution in [1.82, 2.24) is 19.4 Å². The summed E-state index contributed by atoms with van der Waals surface area (Å²) in [6, 6.07) is 0. The quantitative estimate of drug-likeness (QED) is 0.793. The molecule has 6 heteroatoms. The average Bonchev–Trinajstić information content (AvgIpc) is 3.17. The average molecular weight is 334 g/mol. The molecule has 0 saturated heterocycles. The van der Waals surface area contributed by atoms with Gasteiger partial charge in [0.15, 0.2) is 0 Å². The molecule has 1 atom stereocenters. The summed E-state index contributed by atoms with van der Waals surface area (Å²) in [4.78, 5) is 20.4. The van der Waals surface area contributed by atoms with Crippen LogP contribution in [0.1, 0.15) is 43.0 Å². The van der Waals surface area contributed by atoms with E-state index < -0.39 is 0 Å². The highest BCUT2D eigenvalue weighted by atomic mass is 16.5. The van der Waals surface area contributed by atoms with Crippen molar-refractivity contribution in [1.29, 1.82) is 0 Å². The van der Waals surface area contributed by atoms with Crippen LogP contribution in [0, 0.1) is 5.92 Å². The molecule has 1 saturated carbocycles. The van der Waals surface area contributed by atoms with Crippen molar-refractivity contribution in [3.8, 4) is 0 Å². The molecule has 0 unspecified atom stereocenters. The molecule has 0 radical (unpaired) electrons. The summed E-state index contributed by atoms with van der Waals surface area (Å²) in [5.74, 6) is 1.14. The summed E-state index contributed by atoms with van der Waals surface area (Å²) in [5.41, 5.74) is 2.45. The van der Waals surface area contributed by atoms with Crippen LogP contribution < -0.4 is 0 Å². The highest BCUT2D eigenvalue weighted by Crippen LogP contribution is 2.31. The summed E-state index contributed by atoms with van der Waals surface area (Å²) in [7, 11) is 5.57. The number of ether oxygens (including phenoxy) is 1. The van der Waals surface area contributed by atoms with Gasteiger partial charge in [-0.2, -0.15) is 0 Å². The Hall–Kier alpha value is -1.40. The zero-order valence-electron chi connectivity index (χ0n) is 15.2. The monoisotopic (exact) mass is 334 g/mol. The molecule has 0 spiro atoms. The van der Waals surface area contributed by atoms with E-state index in [1.54, 1.807) is 19.0 Å². The van der Waals surface area contributed by atoms with Crippen LogP contribution in [-0.4, -0.2) is 65.7 Å². The van der Waals surface area contributed by atoms with Gasteiger partial charge in [0, 0.05) is 52.4 Å². The number of rotatable bonds is 6. The Kier molecular flexibility index (Phi) is 5.56. The number of aromatic nitrogens is 2. The number of carbonyl (C=O) groups is 1. The number of likely N-dealkylation sites (N-methyl/N-ethyl adjacent to an activating group) is 1. The molecule has 134 valence electrons. The predicted molar refractivity (Wildman–Crippen MR) is 92.7 cm³/mol. The minimum atomic E-state index is 0.0128. The Morgan fingerprint density at radius 2 is 2.12 bits per heavy atom. The Morgan fingerprint density at radius 1 is 1.38 bits per heavy atom. The van der Waals surface area contributed by atoms with Crippen LogP contribution in [0.25, 0.3) is 0 Å². The lowest BCUT2D eigenvalue weighted by Gasteiger charge is -2.34. The third-order valence-electron chi connectivity index (χ3n) is 5.34. The van der Waals surface area contributed by atoms with Crippen molar-refractivity contribution in [2.75, 3.05) is 40.4 Å². The van der Waals surface area contributed by atoms with Crippen molar-refractivity contribution in [3.63, 3.8) is 0 Å². The summed E-state index contributed by atoms with van der Waals surface area (Å²) >= 11 is 0. The summed E-state index contributed by atoms with van der Waals surface area (Å²) < 4.78 is 7.85. The Bertz CT molecular complexity index is 563. The van der Waals surface area contributed by atoms with Gasteiger partial charge >= 0.3 is 0 Å². The molecule has 0 aromatic carbocycles. The van der Waals surface area contributed by atoms with Crippen molar-refractivity contribution in [2.45, 2.75) is 38.1 Å². The second-order valence-corrected chi connectivity index (χ2v) is 7.53. The van der Waals surface area contributed by atoms with E-state index in [4.69, 9.17) is 4.74 Å². The summed E-state index contributed by atoms with van der Waals surface area (Å²) in [6.45, 7) is 3.84. The van der Waals surface area contributed by atoms with Gasteiger partial charge in [-0.05, 0) is 18.8 Å². The maximum Gasteiger partial charge on any atom is 0.248 e. The van der Waals surface area contributed by atoms with Crippen LogP contribution in [0.5, 0.6) is 0 Å². The van der Waals surface area contributed by atoms with Gasteiger partial charge in [-0.1, -0.05) is 12.8 Å². The van der Waals surface area contributed by atoms with E-state index in [0.717, 1.165) is 19.0 Å². The van der Waals surface area contributed by atoms with Gasteiger partial charge in [-0.25, -0.2) is 4.98 Å². The van der Waals surface area contributed by atoms with Crippen LogP contribution >= 0.6 is 0 Å². The third kappa shape index (κ3) is 3.98. The van der Waals surface area contributed by atoms with Crippen LogP contribution in [-0.2, 0) is 23.1 Å². The van der Waals surface area contributed by atoms with Crippen molar-refractivity contribution in [3.05, 3.63) is 17.7 Å². The van der Waals surface area contributed by atoms with E-state index in [2.05, 4.69) is 21.5 Å². The molecular formula is C18H30N4O2. The molecule has 1 aromatic heterocycles. The minimum absolute atomic E-state index is 0.0128. The SMILES string of the molecule is CN(C)C(=O)COC[C@@H]1CN(CC2CCCC2)Cc2ncn(C)c21. The maximum atomic E-state index is 11.7. The number of hydrogen-bond donors (Lipinski definition) is 0. The largest absolute Gasteiger partial charge is 0.371 e. The van der Waals surface area contributed by atoms with Crippen molar-refractivity contribution < 1.29 is 9.53 Å². The standard InChI is InChI=1S/C18H30N4O2/c1-20(2)17(23)12-24-11-15-9-22(8-14-6-4-5-7-14)10-16-18(15)21(3)13-19-16/h13-15H,4-12H2,1-3H3/t15-/m0/s1. The first-order valence-electron chi connectivity index (χ1n) is 9.05. The summed E-state index contributed by atoms with van der Waals surface area (Å²) in [5, 5.41) is 0. The van der Waals surface area contributed by atoms with Gasteiger partial charge in [0.05, 0.1) is 18.6 Å². The Labute approximate surface area is 144 Å². The highest BCUT2D eigenvalue weighted by molar-refractivity contribution is 5.76. The molecule has 1 aliphatic carbocycles. The number of fused-ring (bicyclic) bond motifs is 1. The lowest BCUT2D eigenvalue weighted by molar-refractivity contribution is -0.133. The van der Waals surface area contributed by atoms with Crippen LogP contribution in [0.2, 0.25) is 0 Å². The topological polar surface area (TPSA) is 50.6 Å². The lowest BCUT2D eigenvalue weighted by Crippen LogP contribution is -2.39. The fraction of sp³-hybridized carbons (Fsp3) is 0.778. The van der Waals surface area contributed by atoms with Crippen LogP contribution in [0.4, 0.5) is 0 Å². The van der Waals surface area contributed by atoms with Crippen LogP contribution in [0.3, 0.4) is 0 Å². The second-order valence-electron chi connectivity index (χ2n) is 7.53. The number of hydrogen-bond acceptors (Lipinski definition) is 4. The second kappa shape index (κ2) is 7.66. The van der Waals surface area contributed by atoms with Crippen LogP contribution in [0.15, 0.2) is 6.33 Å². The molecule has 3 rings (SSSR count). The maximum absolute atomic E-state index is 11.7. The van der Waals surface area contributed by atoms with Crippen molar-refractivity contribution >= 4 is 5.91 Å². The van der Waals surface area contributed by atoms with E-state index in [9.17, 15) is 4.79 Å². The van der Waals surface area contributed by atoms with Gasteiger partial charge in [-0.15, -0.1) is 0 Å². The number of amides is 1. The molecule has 0 N–H and O–H groups in total. The van der Waals surface area contributed by atoms with Gasteiger partial charge in [0.2, 0.25) is 5.91 Å². The minimum Gasteiger partial charge on any atom is -0.371 e. The fourth-order valence-electron chi connectivity index (χ4n) is 4.05. The van der Waals surface area contributed by atoms with E-state index in [1.165, 1.54) is 43.6 Å². The molecule has 1 aliphatic heterocycles. The normalized spacial score (nSPS) is 21.9. The molecule has 1 aromatic rings. The summed E-state index contributed by atoms with van der Waals surface area (Å²) in [6.07, 6.45) is 7.40. The van der Waals surface area contributed by atoms with E-state index in [-0.39, 0.29) is 18.4 Å². The zero-order chi connectivity index (χ0) is 17.1. The Balaban J connectivity index is 1.62. The number of nitrogens with zero attached hydrogens (tertiary/aromatic N) is 4. The molecular weight excluding hydrogens is 304 g/mol. The predicted octanol–water partition coefficient (Wildman–Crippen LogP) is 1.61. The van der Waals surface area contributed by atoms with Gasteiger partial charge in [0.1, 0.15) is 6.61 Å². The highest BCUT2D eigenvalue weighted by Gasteiger charge is 2.31. The van der Waals surface area contributed by atoms with Gasteiger partial charge in [-0.3, -0.25) is 9.69 Å². The lowest BCUT2D eigenvalue weighted by atomic mass is 9.97. The molecule has 1 amide bonds. The molecule has 6 nitrogen and oxygen atoms in total. The van der Waals surface area contributed by atoms with E-state index in [0.29, 0.717) is 6.61 Å². The molecule has 0 bridgehead atoms. The number of aryl methyl sites for hydroxylation is 1. The number of imidazole rings is 1. The van der Waals surface area contributed by atoms with Gasteiger partial charge < -0.3 is 14.2 Å². The van der Waals surface area contributed by atoms with Gasteiger partial charge in [0.25, 0.3) is 0 Å². The van der Waals surface area contributed by atoms with Crippen molar-refractivity contribution in [2.24, 2.45) is 13.0 Å². The third-order valence-corrected chi connectivity index (χ3v) is 5.34. The van der Waals surface area contributed by atoms with E-state index in [1.807, 2.05) is 6.33 Å². The van der Waals surface area contributed by atoms with E-state index >= 15 is 0 Å².